The van der Waals surface area contributed by atoms with Crippen LogP contribution in [0.15, 0.2) is 36.4 Å². The lowest BCUT2D eigenvalue weighted by Gasteiger charge is -2.37. The van der Waals surface area contributed by atoms with Gasteiger partial charge in [0.25, 0.3) is 0 Å². The number of likely N-dealkylation sites (N-methyl/N-ethyl adjacent to an activating group) is 1. The van der Waals surface area contributed by atoms with Crippen molar-refractivity contribution in [2.24, 2.45) is 0 Å². The Bertz CT molecular complexity index is 931. The molecule has 2 aromatic carbocycles. The van der Waals surface area contributed by atoms with Gasteiger partial charge >= 0.3 is 6.03 Å². The Kier molecular flexibility index (Phi) is 6.46. The Labute approximate surface area is 182 Å². The molecule has 0 bridgehead atoms. The van der Waals surface area contributed by atoms with E-state index in [-0.39, 0.29) is 17.9 Å². The van der Waals surface area contributed by atoms with Crippen molar-refractivity contribution in [2.45, 2.75) is 19.9 Å². The fourth-order valence-corrected chi connectivity index (χ4v) is 4.07. The Morgan fingerprint density at radius 1 is 1.13 bits per heavy atom. The van der Waals surface area contributed by atoms with E-state index < -0.39 is 0 Å². The van der Waals surface area contributed by atoms with Crippen LogP contribution < -0.4 is 25.0 Å². The number of carbonyl (C=O) groups excluding carboxylic acids is 1. The summed E-state index contributed by atoms with van der Waals surface area (Å²) >= 11 is 0. The largest absolute Gasteiger partial charge is 0.486 e. The van der Waals surface area contributed by atoms with E-state index in [0.717, 1.165) is 44.0 Å². The molecular formula is C23H29FN4O3. The molecular weight excluding hydrogens is 399 g/mol. The molecule has 0 spiro atoms. The van der Waals surface area contributed by atoms with Crippen LogP contribution in [0.4, 0.5) is 20.6 Å². The second-order valence-electron chi connectivity index (χ2n) is 7.77. The summed E-state index contributed by atoms with van der Waals surface area (Å²) in [4.78, 5) is 17.4. The second-order valence-corrected chi connectivity index (χ2v) is 7.77. The minimum absolute atomic E-state index is 0.317. The quantitative estimate of drug-likeness (QED) is 0.762. The third-order valence-corrected chi connectivity index (χ3v) is 5.78. The first-order valence-electron chi connectivity index (χ1n) is 10.8. The van der Waals surface area contributed by atoms with Crippen molar-refractivity contribution in [2.75, 3.05) is 56.2 Å². The molecule has 0 aromatic heterocycles. The number of anilines is 2. The predicted octanol–water partition coefficient (Wildman–Crippen LogP) is 3.62. The van der Waals surface area contributed by atoms with E-state index >= 15 is 0 Å². The zero-order valence-corrected chi connectivity index (χ0v) is 18.0. The number of ether oxygens (including phenoxy) is 2. The van der Waals surface area contributed by atoms with E-state index in [4.69, 9.17) is 9.47 Å². The van der Waals surface area contributed by atoms with Crippen molar-refractivity contribution >= 4 is 17.4 Å². The molecule has 2 amide bonds. The van der Waals surface area contributed by atoms with Crippen molar-refractivity contribution in [1.82, 2.24) is 10.2 Å². The number of halogens is 1. The number of nitrogens with one attached hydrogen (secondary N) is 2. The summed E-state index contributed by atoms with van der Waals surface area (Å²) in [5, 5.41) is 5.76. The number of hydrogen-bond donors (Lipinski definition) is 2. The Morgan fingerprint density at radius 3 is 2.68 bits per heavy atom. The van der Waals surface area contributed by atoms with Crippen molar-refractivity contribution in [3.63, 3.8) is 0 Å². The van der Waals surface area contributed by atoms with E-state index in [2.05, 4.69) is 27.4 Å². The first-order chi connectivity index (χ1) is 15.0. The Morgan fingerprint density at radius 2 is 1.90 bits per heavy atom. The molecule has 0 aliphatic carbocycles. The number of rotatable bonds is 5. The topological polar surface area (TPSA) is 66.1 Å². The van der Waals surface area contributed by atoms with Gasteiger partial charge in [-0.1, -0.05) is 13.0 Å². The van der Waals surface area contributed by atoms with Gasteiger partial charge < -0.3 is 29.9 Å². The van der Waals surface area contributed by atoms with Crippen LogP contribution in [0.25, 0.3) is 0 Å². The average molecular weight is 429 g/mol. The number of fused-ring (bicyclic) bond motifs is 1. The van der Waals surface area contributed by atoms with Crippen molar-refractivity contribution < 1.29 is 18.7 Å². The van der Waals surface area contributed by atoms with Gasteiger partial charge in [-0.3, -0.25) is 0 Å². The van der Waals surface area contributed by atoms with Gasteiger partial charge in [0.15, 0.2) is 11.5 Å². The Balaban J connectivity index is 1.47. The van der Waals surface area contributed by atoms with Crippen LogP contribution in [0.2, 0.25) is 0 Å². The number of para-hydroxylation sites is 1. The van der Waals surface area contributed by atoms with Crippen LogP contribution in [0.1, 0.15) is 25.5 Å². The number of nitrogens with zero attached hydrogens (tertiary/aromatic N) is 2. The van der Waals surface area contributed by atoms with E-state index in [1.165, 1.54) is 12.1 Å². The van der Waals surface area contributed by atoms with E-state index in [1.54, 1.807) is 24.3 Å². The van der Waals surface area contributed by atoms with Gasteiger partial charge in [-0.05, 0) is 43.8 Å². The van der Waals surface area contributed by atoms with Crippen LogP contribution >= 0.6 is 0 Å². The van der Waals surface area contributed by atoms with Gasteiger partial charge in [-0.25, -0.2) is 9.18 Å². The molecule has 7 nitrogen and oxygen atoms in total. The van der Waals surface area contributed by atoms with Crippen LogP contribution in [0, 0.1) is 5.82 Å². The highest BCUT2D eigenvalue weighted by Crippen LogP contribution is 2.37. The molecule has 2 heterocycles. The average Bonchev–Trinajstić information content (AvgIpc) is 2.79. The molecule has 0 radical (unpaired) electrons. The lowest BCUT2D eigenvalue weighted by atomic mass is 10.0. The highest BCUT2D eigenvalue weighted by Gasteiger charge is 2.23. The molecule has 1 atom stereocenters. The Hall–Kier alpha value is -3.00. The minimum Gasteiger partial charge on any atom is -0.486 e. The molecule has 0 saturated carbocycles. The molecule has 1 fully saturated rings. The number of amides is 2. The van der Waals surface area contributed by atoms with Gasteiger partial charge in [0.1, 0.15) is 19.0 Å². The maximum atomic E-state index is 14.1. The first kappa shape index (κ1) is 21.2. The van der Waals surface area contributed by atoms with Gasteiger partial charge in [0.05, 0.1) is 11.7 Å². The number of hydrogen-bond acceptors (Lipinski definition) is 5. The van der Waals surface area contributed by atoms with Crippen LogP contribution in [-0.2, 0) is 0 Å². The third kappa shape index (κ3) is 4.85. The smallest absolute Gasteiger partial charge is 0.319 e. The SMILES string of the molecule is CCN1CCN(c2ccc(F)cc2C(C)NC(=O)Nc2cccc3c2OCCO3)CC1. The molecule has 166 valence electrons. The summed E-state index contributed by atoms with van der Waals surface area (Å²) in [7, 11) is 0. The van der Waals surface area contributed by atoms with Crippen LogP contribution in [-0.4, -0.2) is 56.9 Å². The van der Waals surface area contributed by atoms with Gasteiger partial charge in [0.2, 0.25) is 0 Å². The minimum atomic E-state index is -0.388. The molecule has 31 heavy (non-hydrogen) atoms. The molecule has 1 unspecified atom stereocenters. The summed E-state index contributed by atoms with van der Waals surface area (Å²) in [6.45, 7) is 9.65. The van der Waals surface area contributed by atoms with E-state index in [0.29, 0.717) is 30.4 Å². The fourth-order valence-electron chi connectivity index (χ4n) is 4.07. The number of carbonyl (C=O) groups is 1. The van der Waals surface area contributed by atoms with Gasteiger partial charge in [0, 0.05) is 37.4 Å². The lowest BCUT2D eigenvalue weighted by molar-refractivity contribution is 0.172. The molecule has 2 N–H and O–H groups in total. The van der Waals surface area contributed by atoms with Crippen molar-refractivity contribution in [1.29, 1.82) is 0 Å². The summed E-state index contributed by atoms with van der Waals surface area (Å²) in [6.07, 6.45) is 0. The number of urea groups is 1. The highest BCUT2D eigenvalue weighted by atomic mass is 19.1. The van der Waals surface area contributed by atoms with Crippen LogP contribution in [0.3, 0.4) is 0 Å². The summed E-state index contributed by atoms with van der Waals surface area (Å²) in [6, 6.07) is 9.39. The fraction of sp³-hybridized carbons (Fsp3) is 0.435. The molecule has 2 aliphatic rings. The molecule has 2 aromatic rings. The van der Waals surface area contributed by atoms with Gasteiger partial charge in [-0.2, -0.15) is 0 Å². The molecule has 1 saturated heterocycles. The standard InChI is InChI=1S/C23H29FN4O3/c1-3-27-9-11-28(12-10-27)20-8-7-17(24)15-18(20)16(2)25-23(29)26-19-5-4-6-21-22(19)31-14-13-30-21/h4-8,15-16H,3,9-14H2,1-2H3,(H2,25,26,29). The van der Waals surface area contributed by atoms with E-state index in [9.17, 15) is 9.18 Å². The predicted molar refractivity (Wildman–Crippen MR) is 119 cm³/mol. The number of benzene rings is 2. The zero-order chi connectivity index (χ0) is 21.8. The van der Waals surface area contributed by atoms with Crippen molar-refractivity contribution in [3.05, 3.63) is 47.8 Å². The number of piperazine rings is 1. The van der Waals surface area contributed by atoms with Crippen molar-refractivity contribution in [3.8, 4) is 11.5 Å². The maximum Gasteiger partial charge on any atom is 0.319 e. The molecule has 2 aliphatic heterocycles. The monoisotopic (exact) mass is 428 g/mol. The normalized spacial score (nSPS) is 17.2. The van der Waals surface area contributed by atoms with Crippen LogP contribution in [0.5, 0.6) is 11.5 Å². The second kappa shape index (κ2) is 9.43. The highest BCUT2D eigenvalue weighted by molar-refractivity contribution is 5.92. The molecule has 4 rings (SSSR count). The summed E-state index contributed by atoms with van der Waals surface area (Å²) in [5.74, 6) is 0.815. The molecule has 8 heteroatoms. The zero-order valence-electron chi connectivity index (χ0n) is 18.0. The third-order valence-electron chi connectivity index (χ3n) is 5.78. The first-order valence-corrected chi connectivity index (χ1v) is 10.8. The lowest BCUT2D eigenvalue weighted by Crippen LogP contribution is -2.46. The van der Waals surface area contributed by atoms with E-state index in [1.807, 2.05) is 6.92 Å². The maximum absolute atomic E-state index is 14.1. The van der Waals surface area contributed by atoms with Gasteiger partial charge in [-0.15, -0.1) is 0 Å². The summed E-state index contributed by atoms with van der Waals surface area (Å²) in [5.41, 5.74) is 2.26. The summed E-state index contributed by atoms with van der Waals surface area (Å²) < 4.78 is 25.3.